The maximum Gasteiger partial charge on any atom is 0.137 e. The maximum absolute atomic E-state index is 5.57. The highest BCUT2D eigenvalue weighted by atomic mass is 16.5. The molecule has 1 aliphatic carbocycles. The minimum atomic E-state index is 0.535. The summed E-state index contributed by atoms with van der Waals surface area (Å²) in [5, 5.41) is 20.4. The standard InChI is InChI=1S/C24H26N8O/c1-33-22-7-6-20-19(11-26-28-20)24(22)21-15-32(30-29-21)14-18-13-31-12-17(5-8-23(31)27-18)10-25-9-16-3-2-4-16/h5-8,11-13,15-16,25H,2-4,9-10,14H2,1H3,(H,26,28). The molecule has 33 heavy (non-hydrogen) atoms. The molecule has 0 radical (unpaired) electrons. The number of imidazole rings is 1. The van der Waals surface area contributed by atoms with Crippen LogP contribution in [0.15, 0.2) is 49.1 Å². The average molecular weight is 443 g/mol. The summed E-state index contributed by atoms with van der Waals surface area (Å²) in [6, 6.07) is 8.07. The number of nitrogens with one attached hydrogen (secondary N) is 2. The molecule has 5 aromatic rings. The monoisotopic (exact) mass is 442 g/mol. The molecule has 2 N–H and O–H groups in total. The van der Waals surface area contributed by atoms with Crippen LogP contribution in [0.4, 0.5) is 0 Å². The van der Waals surface area contributed by atoms with Gasteiger partial charge in [-0.1, -0.05) is 17.7 Å². The van der Waals surface area contributed by atoms with Gasteiger partial charge in [-0.05, 0) is 49.1 Å². The highest BCUT2D eigenvalue weighted by Crippen LogP contribution is 2.35. The van der Waals surface area contributed by atoms with Crippen molar-refractivity contribution in [2.75, 3.05) is 13.7 Å². The van der Waals surface area contributed by atoms with Crippen LogP contribution in [0.1, 0.15) is 30.5 Å². The molecular weight excluding hydrogens is 416 g/mol. The molecule has 1 fully saturated rings. The molecule has 0 saturated heterocycles. The van der Waals surface area contributed by atoms with Crippen LogP contribution in [0.5, 0.6) is 5.75 Å². The van der Waals surface area contributed by atoms with E-state index in [9.17, 15) is 0 Å². The van der Waals surface area contributed by atoms with E-state index >= 15 is 0 Å². The van der Waals surface area contributed by atoms with Crippen molar-refractivity contribution in [1.82, 2.24) is 39.9 Å². The number of pyridine rings is 1. The zero-order valence-corrected chi connectivity index (χ0v) is 18.5. The molecule has 1 saturated carbocycles. The Bertz CT molecular complexity index is 1410. The molecule has 0 spiro atoms. The van der Waals surface area contributed by atoms with Crippen molar-refractivity contribution in [2.45, 2.75) is 32.4 Å². The van der Waals surface area contributed by atoms with Crippen LogP contribution in [0.2, 0.25) is 0 Å². The maximum atomic E-state index is 5.57. The number of nitrogens with zero attached hydrogens (tertiary/aromatic N) is 6. The molecule has 9 nitrogen and oxygen atoms in total. The molecule has 0 amide bonds. The van der Waals surface area contributed by atoms with E-state index in [2.05, 4.69) is 54.8 Å². The predicted octanol–water partition coefficient (Wildman–Crippen LogP) is 3.42. The normalized spacial score (nSPS) is 14.2. The van der Waals surface area contributed by atoms with E-state index in [0.717, 1.165) is 58.3 Å². The van der Waals surface area contributed by atoms with Gasteiger partial charge < -0.3 is 14.5 Å². The molecule has 0 atom stereocenters. The fourth-order valence-corrected chi connectivity index (χ4v) is 4.48. The van der Waals surface area contributed by atoms with E-state index in [-0.39, 0.29) is 0 Å². The summed E-state index contributed by atoms with van der Waals surface area (Å²) >= 11 is 0. The Morgan fingerprint density at radius 2 is 2.09 bits per heavy atom. The molecule has 4 heterocycles. The van der Waals surface area contributed by atoms with Crippen molar-refractivity contribution in [3.05, 3.63) is 60.3 Å². The third kappa shape index (κ3) is 3.84. The van der Waals surface area contributed by atoms with Gasteiger partial charge in [-0.25, -0.2) is 9.67 Å². The minimum Gasteiger partial charge on any atom is -0.496 e. The molecule has 6 rings (SSSR count). The van der Waals surface area contributed by atoms with Crippen molar-refractivity contribution < 1.29 is 4.74 Å². The number of aromatic amines is 1. The number of aromatic nitrogens is 7. The van der Waals surface area contributed by atoms with Gasteiger partial charge in [0, 0.05) is 24.3 Å². The Kier molecular flexibility index (Phi) is 5.03. The van der Waals surface area contributed by atoms with Crippen molar-refractivity contribution in [3.63, 3.8) is 0 Å². The third-order valence-corrected chi connectivity index (χ3v) is 6.47. The molecule has 1 aliphatic rings. The van der Waals surface area contributed by atoms with Crippen molar-refractivity contribution in [2.24, 2.45) is 5.92 Å². The molecule has 0 unspecified atom stereocenters. The van der Waals surface area contributed by atoms with Crippen molar-refractivity contribution in [3.8, 4) is 17.0 Å². The lowest BCUT2D eigenvalue weighted by Crippen LogP contribution is -2.26. The second-order valence-corrected chi connectivity index (χ2v) is 8.74. The largest absolute Gasteiger partial charge is 0.496 e. The lowest BCUT2D eigenvalue weighted by atomic mass is 9.85. The number of fused-ring (bicyclic) bond motifs is 2. The number of methoxy groups -OCH3 is 1. The third-order valence-electron chi connectivity index (χ3n) is 6.47. The van der Waals surface area contributed by atoms with Gasteiger partial charge in [0.05, 0.1) is 42.8 Å². The summed E-state index contributed by atoms with van der Waals surface area (Å²) in [6.45, 7) is 2.53. The first-order chi connectivity index (χ1) is 16.3. The van der Waals surface area contributed by atoms with Crippen molar-refractivity contribution in [1.29, 1.82) is 0 Å². The second kappa shape index (κ2) is 8.32. The van der Waals surface area contributed by atoms with Gasteiger partial charge in [0.2, 0.25) is 0 Å². The summed E-state index contributed by atoms with van der Waals surface area (Å²) in [7, 11) is 1.66. The summed E-state index contributed by atoms with van der Waals surface area (Å²) in [5.41, 5.74) is 5.66. The fourth-order valence-electron chi connectivity index (χ4n) is 4.48. The smallest absolute Gasteiger partial charge is 0.137 e. The summed E-state index contributed by atoms with van der Waals surface area (Å²) in [5.74, 6) is 1.60. The molecule has 0 bridgehead atoms. The zero-order chi connectivity index (χ0) is 22.2. The minimum absolute atomic E-state index is 0.535. The van der Waals surface area contributed by atoms with Crippen LogP contribution >= 0.6 is 0 Å². The first-order valence-corrected chi connectivity index (χ1v) is 11.3. The van der Waals surface area contributed by atoms with Crippen LogP contribution < -0.4 is 10.1 Å². The van der Waals surface area contributed by atoms with Gasteiger partial charge in [-0.2, -0.15) is 5.10 Å². The van der Waals surface area contributed by atoms with Gasteiger partial charge in [0.15, 0.2) is 0 Å². The van der Waals surface area contributed by atoms with E-state index < -0.39 is 0 Å². The fraction of sp³-hybridized carbons (Fsp3) is 0.333. The lowest BCUT2D eigenvalue weighted by molar-refractivity contribution is 0.301. The number of rotatable bonds is 8. The molecule has 168 valence electrons. The molecule has 1 aromatic carbocycles. The first-order valence-electron chi connectivity index (χ1n) is 11.3. The first kappa shape index (κ1) is 19.9. The average Bonchev–Trinajstić information content (AvgIpc) is 3.53. The van der Waals surface area contributed by atoms with Gasteiger partial charge in [-0.15, -0.1) is 5.10 Å². The van der Waals surface area contributed by atoms with Gasteiger partial charge >= 0.3 is 0 Å². The number of ether oxygens (including phenoxy) is 1. The van der Waals surface area contributed by atoms with E-state index in [1.165, 1.54) is 24.8 Å². The van der Waals surface area contributed by atoms with E-state index in [0.29, 0.717) is 6.54 Å². The molecule has 9 heteroatoms. The number of H-pyrrole nitrogens is 1. The number of benzene rings is 1. The van der Waals surface area contributed by atoms with Crippen LogP contribution in [-0.4, -0.2) is 48.2 Å². The van der Waals surface area contributed by atoms with Crippen LogP contribution in [0.3, 0.4) is 0 Å². The highest BCUT2D eigenvalue weighted by Gasteiger charge is 2.17. The number of hydrogen-bond donors (Lipinski definition) is 2. The molecular formula is C24H26N8O. The quantitative estimate of drug-likeness (QED) is 0.382. The van der Waals surface area contributed by atoms with Gasteiger partial charge in [-0.3, -0.25) is 5.10 Å². The Morgan fingerprint density at radius 1 is 1.15 bits per heavy atom. The number of hydrogen-bond acceptors (Lipinski definition) is 6. The van der Waals surface area contributed by atoms with Crippen LogP contribution in [0.25, 0.3) is 27.8 Å². The van der Waals surface area contributed by atoms with Gasteiger partial charge in [0.25, 0.3) is 0 Å². The Hall–Kier alpha value is -3.72. The Labute approximate surface area is 190 Å². The van der Waals surface area contributed by atoms with E-state index in [1.807, 2.05) is 18.3 Å². The Balaban J connectivity index is 1.20. The lowest BCUT2D eigenvalue weighted by Gasteiger charge is -2.25. The zero-order valence-electron chi connectivity index (χ0n) is 18.5. The molecule has 4 aromatic heterocycles. The molecule has 0 aliphatic heterocycles. The summed E-state index contributed by atoms with van der Waals surface area (Å²) in [4.78, 5) is 4.75. The topological polar surface area (TPSA) is 98.0 Å². The van der Waals surface area contributed by atoms with Crippen LogP contribution in [0, 0.1) is 5.92 Å². The Morgan fingerprint density at radius 3 is 2.94 bits per heavy atom. The van der Waals surface area contributed by atoms with Crippen LogP contribution in [-0.2, 0) is 13.1 Å². The summed E-state index contributed by atoms with van der Waals surface area (Å²) in [6.07, 6.45) is 12.0. The summed E-state index contributed by atoms with van der Waals surface area (Å²) < 4.78 is 9.46. The SMILES string of the molecule is COc1ccc2[nH]ncc2c1-c1cn(Cc2cn3cc(CNCC4CCC4)ccc3n2)nn1. The predicted molar refractivity (Wildman–Crippen MR) is 125 cm³/mol. The van der Waals surface area contributed by atoms with Crippen molar-refractivity contribution >= 4 is 16.6 Å². The van der Waals surface area contributed by atoms with Gasteiger partial charge in [0.1, 0.15) is 17.1 Å². The van der Waals surface area contributed by atoms with E-state index in [4.69, 9.17) is 9.72 Å². The van der Waals surface area contributed by atoms with E-state index in [1.54, 1.807) is 18.0 Å². The highest BCUT2D eigenvalue weighted by molar-refractivity contribution is 5.96. The second-order valence-electron chi connectivity index (χ2n) is 8.74.